The van der Waals surface area contributed by atoms with Crippen LogP contribution >= 0.6 is 34.8 Å². The predicted octanol–water partition coefficient (Wildman–Crippen LogP) is 5.05. The van der Waals surface area contributed by atoms with Crippen molar-refractivity contribution in [2.45, 2.75) is 13.8 Å². The van der Waals surface area contributed by atoms with E-state index in [1.54, 1.807) is 6.07 Å². The van der Waals surface area contributed by atoms with Crippen molar-refractivity contribution in [3.05, 3.63) is 55.6 Å². The Bertz CT molecular complexity index is 879. The summed E-state index contributed by atoms with van der Waals surface area (Å²) in [6, 6.07) is 9.42. The largest absolute Gasteiger partial charge is 0.330 e. The molecule has 5 heteroatoms. The van der Waals surface area contributed by atoms with Gasteiger partial charge in [0.05, 0.1) is 14.6 Å². The van der Waals surface area contributed by atoms with Crippen LogP contribution in [-0.4, -0.2) is 9.55 Å². The predicted molar refractivity (Wildman–Crippen MR) is 90.6 cm³/mol. The number of benzene rings is 2. The molecule has 0 atom stereocenters. The summed E-state index contributed by atoms with van der Waals surface area (Å²) < 4.78 is 16.9. The number of imidazole rings is 1. The lowest BCUT2D eigenvalue weighted by Gasteiger charge is -2.08. The molecule has 1 heterocycles. The van der Waals surface area contributed by atoms with E-state index in [1.165, 1.54) is 17.2 Å². The molecule has 2 aromatic carbocycles. The number of halogens is 2. The van der Waals surface area contributed by atoms with Crippen molar-refractivity contribution in [2.75, 3.05) is 0 Å². The second-order valence-electron chi connectivity index (χ2n) is 4.82. The summed E-state index contributed by atoms with van der Waals surface area (Å²) in [5.41, 5.74) is 4.96. The van der Waals surface area contributed by atoms with Crippen LogP contribution in [0.5, 0.6) is 0 Å². The maximum Gasteiger partial charge on any atom is 0.182 e. The number of aromatic amines is 1. The average molecular weight is 398 g/mol. The van der Waals surface area contributed by atoms with Crippen LogP contribution in [-0.2, 0) is 0 Å². The van der Waals surface area contributed by atoms with Gasteiger partial charge in [-0.3, -0.25) is 4.57 Å². The van der Waals surface area contributed by atoms with Gasteiger partial charge in [0.2, 0.25) is 0 Å². The number of aryl methyl sites for hydroxylation is 2. The minimum Gasteiger partial charge on any atom is -0.330 e. The Morgan fingerprint density at radius 2 is 1.90 bits per heavy atom. The molecule has 3 aromatic rings. The smallest absolute Gasteiger partial charge is 0.182 e. The normalized spacial score (nSPS) is 11.2. The van der Waals surface area contributed by atoms with Gasteiger partial charge in [-0.25, -0.2) is 4.39 Å². The number of hydrogen-bond donors (Lipinski definition) is 1. The monoisotopic (exact) mass is 398 g/mol. The topological polar surface area (TPSA) is 20.7 Å². The third kappa shape index (κ3) is 2.18. The van der Waals surface area contributed by atoms with E-state index in [-0.39, 0.29) is 5.82 Å². The summed E-state index contributed by atoms with van der Waals surface area (Å²) in [5.74, 6) is -0.232. The molecule has 0 saturated carbocycles. The van der Waals surface area contributed by atoms with Crippen molar-refractivity contribution in [1.29, 1.82) is 0 Å². The van der Waals surface area contributed by atoms with Crippen molar-refractivity contribution in [3.8, 4) is 5.69 Å². The van der Waals surface area contributed by atoms with Crippen LogP contribution < -0.4 is 0 Å². The van der Waals surface area contributed by atoms with Gasteiger partial charge in [-0.05, 0) is 78.0 Å². The molecule has 0 aliphatic heterocycles. The number of nitrogens with one attached hydrogen (secondary N) is 1. The molecule has 0 spiro atoms. The van der Waals surface area contributed by atoms with Gasteiger partial charge in [-0.2, -0.15) is 0 Å². The zero-order valence-corrected chi connectivity index (χ0v) is 14.0. The molecule has 102 valence electrons. The van der Waals surface area contributed by atoms with E-state index in [4.69, 9.17) is 12.2 Å². The quantitative estimate of drug-likeness (QED) is 0.450. The van der Waals surface area contributed by atoms with E-state index in [2.05, 4.69) is 24.9 Å². The molecule has 0 aliphatic rings. The zero-order chi connectivity index (χ0) is 14.4. The van der Waals surface area contributed by atoms with Crippen LogP contribution in [0.3, 0.4) is 0 Å². The van der Waals surface area contributed by atoms with Crippen LogP contribution in [0.4, 0.5) is 4.39 Å². The van der Waals surface area contributed by atoms with Crippen molar-refractivity contribution in [1.82, 2.24) is 9.55 Å². The van der Waals surface area contributed by atoms with Gasteiger partial charge < -0.3 is 4.98 Å². The molecule has 0 bridgehead atoms. The fraction of sp³-hybridized carbons (Fsp3) is 0.133. The zero-order valence-electron chi connectivity index (χ0n) is 11.0. The van der Waals surface area contributed by atoms with Crippen LogP contribution in [0.2, 0.25) is 0 Å². The van der Waals surface area contributed by atoms with Crippen molar-refractivity contribution >= 4 is 45.8 Å². The molecular formula is C15H12FIN2S. The maximum absolute atomic E-state index is 13.8. The van der Waals surface area contributed by atoms with E-state index in [1.807, 2.05) is 39.3 Å². The van der Waals surface area contributed by atoms with Gasteiger partial charge >= 0.3 is 0 Å². The van der Waals surface area contributed by atoms with Gasteiger partial charge in [0.25, 0.3) is 0 Å². The Hall–Kier alpha value is -1.21. The minimum atomic E-state index is -0.232. The molecule has 0 saturated heterocycles. The lowest BCUT2D eigenvalue weighted by Crippen LogP contribution is -1.96. The average Bonchev–Trinajstić information content (AvgIpc) is 2.69. The summed E-state index contributed by atoms with van der Waals surface area (Å²) in [4.78, 5) is 3.13. The highest BCUT2D eigenvalue weighted by atomic mass is 127. The van der Waals surface area contributed by atoms with Crippen LogP contribution in [0, 0.1) is 28.0 Å². The van der Waals surface area contributed by atoms with Gasteiger partial charge in [0.1, 0.15) is 5.82 Å². The van der Waals surface area contributed by atoms with Crippen LogP contribution in [0.25, 0.3) is 16.7 Å². The fourth-order valence-electron chi connectivity index (χ4n) is 2.22. The first-order valence-electron chi connectivity index (χ1n) is 6.15. The maximum atomic E-state index is 13.8. The number of aromatic nitrogens is 2. The van der Waals surface area contributed by atoms with E-state index >= 15 is 0 Å². The number of nitrogens with zero attached hydrogens (tertiary/aromatic N) is 1. The Balaban J connectivity index is 2.35. The SMILES string of the molecule is Cc1ccc(-n2c(=S)[nH]c3cc(I)c(F)cc32)cc1C. The fourth-order valence-corrected chi connectivity index (χ4v) is 3.00. The van der Waals surface area contributed by atoms with E-state index in [0.717, 1.165) is 16.7 Å². The molecule has 0 radical (unpaired) electrons. The Labute approximate surface area is 134 Å². The number of fused-ring (bicyclic) bond motifs is 1. The molecule has 3 rings (SSSR count). The molecule has 0 fully saturated rings. The van der Waals surface area contributed by atoms with Crippen LogP contribution in [0.15, 0.2) is 30.3 Å². The molecule has 1 N–H and O–H groups in total. The molecule has 1 aromatic heterocycles. The second kappa shape index (κ2) is 4.96. The lowest BCUT2D eigenvalue weighted by atomic mass is 10.1. The Kier molecular flexibility index (Phi) is 3.41. The highest BCUT2D eigenvalue weighted by molar-refractivity contribution is 14.1. The van der Waals surface area contributed by atoms with Crippen molar-refractivity contribution < 1.29 is 4.39 Å². The molecule has 2 nitrogen and oxygen atoms in total. The summed E-state index contributed by atoms with van der Waals surface area (Å²) in [5, 5.41) is 0. The first-order valence-corrected chi connectivity index (χ1v) is 7.63. The van der Waals surface area contributed by atoms with E-state index in [0.29, 0.717) is 8.34 Å². The van der Waals surface area contributed by atoms with E-state index in [9.17, 15) is 4.39 Å². The second-order valence-corrected chi connectivity index (χ2v) is 6.37. The van der Waals surface area contributed by atoms with Gasteiger partial charge in [0.15, 0.2) is 4.77 Å². The van der Waals surface area contributed by atoms with Gasteiger partial charge in [0, 0.05) is 11.8 Å². The summed E-state index contributed by atoms with van der Waals surface area (Å²) >= 11 is 7.36. The Morgan fingerprint density at radius 1 is 1.15 bits per heavy atom. The first kappa shape index (κ1) is 13.8. The molecule has 0 unspecified atom stereocenters. The Morgan fingerprint density at radius 3 is 2.60 bits per heavy atom. The number of rotatable bonds is 1. The standard InChI is InChI=1S/C15H12FIN2S/c1-8-3-4-10(5-9(8)2)19-14-6-11(16)12(17)7-13(14)18-15(19)20/h3-7H,1-2H3,(H,18,20). The molecule has 0 amide bonds. The molecule has 20 heavy (non-hydrogen) atoms. The summed E-state index contributed by atoms with van der Waals surface area (Å²) in [6.07, 6.45) is 0. The van der Waals surface area contributed by atoms with Crippen LogP contribution in [0.1, 0.15) is 11.1 Å². The van der Waals surface area contributed by atoms with Crippen molar-refractivity contribution in [2.24, 2.45) is 0 Å². The third-order valence-corrected chi connectivity index (χ3v) is 4.58. The van der Waals surface area contributed by atoms with E-state index < -0.39 is 0 Å². The third-order valence-electron chi connectivity index (χ3n) is 3.47. The number of H-pyrrole nitrogens is 1. The summed E-state index contributed by atoms with van der Waals surface area (Å²) in [7, 11) is 0. The number of hydrogen-bond acceptors (Lipinski definition) is 1. The van der Waals surface area contributed by atoms with Crippen molar-refractivity contribution in [3.63, 3.8) is 0 Å². The molecular weight excluding hydrogens is 386 g/mol. The van der Waals surface area contributed by atoms with Gasteiger partial charge in [-0.1, -0.05) is 6.07 Å². The minimum absolute atomic E-state index is 0.232. The highest BCUT2D eigenvalue weighted by Crippen LogP contribution is 2.24. The lowest BCUT2D eigenvalue weighted by molar-refractivity contribution is 0.622. The van der Waals surface area contributed by atoms with Gasteiger partial charge in [-0.15, -0.1) is 0 Å². The first-order chi connectivity index (χ1) is 9.47. The molecule has 0 aliphatic carbocycles. The summed E-state index contributed by atoms with van der Waals surface area (Å²) in [6.45, 7) is 4.12. The highest BCUT2D eigenvalue weighted by Gasteiger charge is 2.10.